The number of rotatable bonds is 12. The van der Waals surface area contributed by atoms with E-state index in [-0.39, 0.29) is 23.7 Å². The SMILES string of the molecule is COC(=O)N[C@H](C(=O)NC1(c2nc3c([nH]2)-c2ccc(-c4ccc(-c5ccc6nc(C7(NC(=O)[C@@H](NC(=O)OC)C(C)C)CCCC7)[nH]c6c5)cc4)cc2OCC3)CCCCC1)C(C)C. The van der Waals surface area contributed by atoms with Gasteiger partial charge in [0.2, 0.25) is 11.8 Å². The van der Waals surface area contributed by atoms with E-state index >= 15 is 0 Å². The van der Waals surface area contributed by atoms with Crippen LogP contribution in [0.5, 0.6) is 5.75 Å². The van der Waals surface area contributed by atoms with Crippen LogP contribution in [-0.2, 0) is 36.6 Å². The van der Waals surface area contributed by atoms with Crippen LogP contribution in [-0.4, -0.2) is 76.8 Å². The summed E-state index contributed by atoms with van der Waals surface area (Å²) in [5, 5.41) is 12.0. The van der Waals surface area contributed by atoms with E-state index in [1.807, 2.05) is 33.8 Å². The molecule has 2 atom stereocenters. The number of fused-ring (bicyclic) bond motifs is 4. The molecule has 2 saturated carbocycles. The molecule has 0 spiro atoms. The molecular formula is C49H60N8O7. The fourth-order valence-electron chi connectivity index (χ4n) is 9.64. The standard InChI is InChI=1S/C49H60N8O7/c1-28(2)39(54-46(60)62-5)42(58)56-48(23-10-11-24-48)44-50-35-19-17-32(26-37(35)52-44)30-12-14-31(15-13-30)33-16-18-34-38(27-33)64-25-20-36-41(34)53-45(51-36)49(21-8-7-9-22-49)57-43(59)40(29(3)4)55-47(61)63-6/h12-19,26-29,39-40H,7-11,20-25H2,1-6H3,(H,50,52)(H,51,53)(H,54,60)(H,55,61)(H,56,58)(H,57,59)/t39-,40-/m0/s1. The molecule has 0 bridgehead atoms. The molecule has 64 heavy (non-hydrogen) atoms. The largest absolute Gasteiger partial charge is 0.492 e. The number of carbonyl (C=O) groups is 4. The highest BCUT2D eigenvalue weighted by atomic mass is 16.5. The molecule has 2 fully saturated rings. The summed E-state index contributed by atoms with van der Waals surface area (Å²) in [6, 6.07) is 19.4. The molecule has 15 nitrogen and oxygen atoms in total. The van der Waals surface area contributed by atoms with Crippen molar-refractivity contribution in [3.63, 3.8) is 0 Å². The molecule has 3 aromatic carbocycles. The van der Waals surface area contributed by atoms with Gasteiger partial charge in [-0.2, -0.15) is 0 Å². The summed E-state index contributed by atoms with van der Waals surface area (Å²) in [7, 11) is 2.58. The lowest BCUT2D eigenvalue weighted by atomic mass is 9.80. The van der Waals surface area contributed by atoms with Crippen molar-refractivity contribution in [2.24, 2.45) is 11.8 Å². The summed E-state index contributed by atoms with van der Waals surface area (Å²) in [4.78, 5) is 68.9. The van der Waals surface area contributed by atoms with Gasteiger partial charge in [0.25, 0.3) is 0 Å². The van der Waals surface area contributed by atoms with Crippen LogP contribution in [0.4, 0.5) is 9.59 Å². The van der Waals surface area contributed by atoms with Gasteiger partial charge in [-0.05, 0) is 84.0 Å². The second kappa shape index (κ2) is 18.4. The lowest BCUT2D eigenvalue weighted by molar-refractivity contribution is -0.127. The van der Waals surface area contributed by atoms with Crippen molar-refractivity contribution in [2.75, 3.05) is 20.8 Å². The van der Waals surface area contributed by atoms with Gasteiger partial charge in [0.15, 0.2) is 0 Å². The predicted molar refractivity (Wildman–Crippen MR) is 243 cm³/mol. The third kappa shape index (κ3) is 8.89. The Morgan fingerprint density at radius 2 is 1.14 bits per heavy atom. The molecule has 2 aromatic heterocycles. The number of nitrogens with zero attached hydrogens (tertiary/aromatic N) is 2. The molecule has 3 heterocycles. The van der Waals surface area contributed by atoms with Gasteiger partial charge in [-0.3, -0.25) is 9.59 Å². The van der Waals surface area contributed by atoms with E-state index < -0.39 is 35.3 Å². The van der Waals surface area contributed by atoms with Gasteiger partial charge in [0, 0.05) is 12.0 Å². The van der Waals surface area contributed by atoms with Gasteiger partial charge < -0.3 is 45.4 Å². The first-order chi connectivity index (χ1) is 30.8. The average Bonchev–Trinajstić information content (AvgIpc) is 4.05. The van der Waals surface area contributed by atoms with Crippen LogP contribution in [0.25, 0.3) is 44.5 Å². The number of carbonyl (C=O) groups excluding carboxylic acids is 4. The minimum Gasteiger partial charge on any atom is -0.492 e. The van der Waals surface area contributed by atoms with Crippen molar-refractivity contribution in [1.82, 2.24) is 41.2 Å². The van der Waals surface area contributed by atoms with Crippen LogP contribution in [0.15, 0.2) is 60.7 Å². The highest BCUT2D eigenvalue weighted by molar-refractivity contribution is 5.88. The number of imidazole rings is 2. The molecule has 338 valence electrons. The summed E-state index contributed by atoms with van der Waals surface area (Å²) in [5.41, 5.74) is 7.17. The Morgan fingerprint density at radius 1 is 0.641 bits per heavy atom. The zero-order valence-corrected chi connectivity index (χ0v) is 37.6. The molecule has 0 radical (unpaired) electrons. The minimum atomic E-state index is -0.755. The number of hydrogen-bond donors (Lipinski definition) is 6. The van der Waals surface area contributed by atoms with E-state index in [4.69, 9.17) is 24.2 Å². The van der Waals surface area contributed by atoms with Crippen LogP contribution >= 0.6 is 0 Å². The molecule has 3 aliphatic rings. The normalized spacial score (nSPS) is 17.3. The van der Waals surface area contributed by atoms with E-state index in [0.717, 1.165) is 125 Å². The summed E-state index contributed by atoms with van der Waals surface area (Å²) in [6.45, 7) is 8.04. The van der Waals surface area contributed by atoms with Gasteiger partial charge in [-0.1, -0.05) is 96.2 Å². The summed E-state index contributed by atoms with van der Waals surface area (Å²) in [5.74, 6) is 1.41. The number of H-pyrrole nitrogens is 2. The Morgan fingerprint density at radius 3 is 1.69 bits per heavy atom. The Hall–Kier alpha value is -6.38. The van der Waals surface area contributed by atoms with Gasteiger partial charge in [0.1, 0.15) is 29.5 Å². The highest BCUT2D eigenvalue weighted by Gasteiger charge is 2.43. The summed E-state index contributed by atoms with van der Waals surface area (Å²) >= 11 is 0. The quantitative estimate of drug-likeness (QED) is 0.0716. The summed E-state index contributed by atoms with van der Waals surface area (Å²) in [6.07, 6.45) is 7.16. The number of aromatic amines is 2. The fraction of sp³-hybridized carbons (Fsp3) is 0.469. The van der Waals surface area contributed by atoms with Gasteiger partial charge in [0.05, 0.1) is 54.3 Å². The van der Waals surface area contributed by atoms with Crippen molar-refractivity contribution in [3.05, 3.63) is 78.0 Å². The van der Waals surface area contributed by atoms with E-state index in [2.05, 4.69) is 85.8 Å². The molecular weight excluding hydrogens is 813 g/mol. The Labute approximate surface area is 373 Å². The molecule has 6 N–H and O–H groups in total. The second-order valence-electron chi connectivity index (χ2n) is 18.2. The first kappa shape index (κ1) is 44.2. The number of methoxy groups -OCH3 is 2. The zero-order chi connectivity index (χ0) is 45.2. The van der Waals surface area contributed by atoms with E-state index in [9.17, 15) is 19.2 Å². The van der Waals surface area contributed by atoms with Crippen LogP contribution in [0, 0.1) is 11.8 Å². The third-order valence-corrected chi connectivity index (χ3v) is 13.3. The number of alkyl carbamates (subject to hydrolysis) is 2. The molecule has 5 aromatic rings. The van der Waals surface area contributed by atoms with Crippen LogP contribution < -0.4 is 26.0 Å². The summed E-state index contributed by atoms with van der Waals surface area (Å²) < 4.78 is 15.9. The van der Waals surface area contributed by atoms with Crippen LogP contribution in [0.1, 0.15) is 103 Å². The molecule has 2 aliphatic carbocycles. The van der Waals surface area contributed by atoms with Crippen LogP contribution in [0.3, 0.4) is 0 Å². The first-order valence-electron chi connectivity index (χ1n) is 22.6. The number of hydrogen-bond acceptors (Lipinski definition) is 9. The van der Waals surface area contributed by atoms with Gasteiger partial charge in [-0.25, -0.2) is 19.6 Å². The first-order valence-corrected chi connectivity index (χ1v) is 22.6. The molecule has 0 saturated heterocycles. The van der Waals surface area contributed by atoms with E-state index in [0.29, 0.717) is 13.0 Å². The fourth-order valence-corrected chi connectivity index (χ4v) is 9.64. The topological polar surface area (TPSA) is 201 Å². The molecule has 4 amide bonds. The number of aromatic nitrogens is 4. The molecule has 8 rings (SSSR count). The monoisotopic (exact) mass is 872 g/mol. The number of ether oxygens (including phenoxy) is 3. The average molecular weight is 873 g/mol. The predicted octanol–water partition coefficient (Wildman–Crippen LogP) is 8.14. The maximum atomic E-state index is 13.8. The van der Waals surface area contributed by atoms with Crippen molar-refractivity contribution >= 4 is 35.0 Å². The van der Waals surface area contributed by atoms with Crippen molar-refractivity contribution in [1.29, 1.82) is 0 Å². The van der Waals surface area contributed by atoms with Gasteiger partial charge in [-0.15, -0.1) is 0 Å². The van der Waals surface area contributed by atoms with E-state index in [1.165, 1.54) is 14.2 Å². The Kier molecular flexibility index (Phi) is 12.7. The van der Waals surface area contributed by atoms with Gasteiger partial charge >= 0.3 is 12.2 Å². The third-order valence-electron chi connectivity index (χ3n) is 13.3. The number of amides is 4. The number of benzene rings is 3. The second-order valence-corrected chi connectivity index (χ2v) is 18.2. The lowest BCUT2D eigenvalue weighted by Gasteiger charge is -2.38. The Bertz CT molecular complexity index is 2510. The Balaban J connectivity index is 1.01. The molecule has 15 heteroatoms. The molecule has 0 unspecified atom stereocenters. The van der Waals surface area contributed by atoms with Crippen molar-refractivity contribution < 1.29 is 33.4 Å². The van der Waals surface area contributed by atoms with E-state index in [1.54, 1.807) is 0 Å². The lowest BCUT2D eigenvalue weighted by Crippen LogP contribution is -2.56. The zero-order valence-electron chi connectivity index (χ0n) is 37.6. The maximum Gasteiger partial charge on any atom is 0.407 e. The number of nitrogens with one attached hydrogen (secondary N) is 6. The van der Waals surface area contributed by atoms with Crippen LogP contribution in [0.2, 0.25) is 0 Å². The van der Waals surface area contributed by atoms with Crippen molar-refractivity contribution in [2.45, 2.75) is 115 Å². The minimum absolute atomic E-state index is 0.141. The smallest absolute Gasteiger partial charge is 0.407 e. The van der Waals surface area contributed by atoms with Crippen molar-refractivity contribution in [3.8, 4) is 39.3 Å². The maximum absolute atomic E-state index is 13.8. The highest BCUT2D eigenvalue weighted by Crippen LogP contribution is 2.43. The molecule has 1 aliphatic heterocycles.